The maximum Gasteiger partial charge on any atom is 0.222 e. The molecular weight excluding hydrogens is 196 g/mol. The van der Waals surface area contributed by atoms with Gasteiger partial charge in [-0.05, 0) is 24.3 Å². The summed E-state index contributed by atoms with van der Waals surface area (Å²) in [5.41, 5.74) is 0.532. The predicted octanol–water partition coefficient (Wildman–Crippen LogP) is 1.50. The van der Waals surface area contributed by atoms with Crippen LogP contribution in [0.3, 0.4) is 0 Å². The summed E-state index contributed by atoms with van der Waals surface area (Å²) in [5, 5.41) is 0. The highest BCUT2D eigenvalue weighted by Crippen LogP contribution is 2.13. The van der Waals surface area contributed by atoms with E-state index in [0.717, 1.165) is 0 Å². The van der Waals surface area contributed by atoms with Gasteiger partial charge in [0.1, 0.15) is 5.75 Å². The summed E-state index contributed by atoms with van der Waals surface area (Å²) >= 11 is 0. The fraction of sp³-hybridized carbons (Fsp3) is 0.364. The van der Waals surface area contributed by atoms with Crippen molar-refractivity contribution >= 4 is 5.78 Å². The van der Waals surface area contributed by atoms with Gasteiger partial charge in [0.05, 0.1) is 7.11 Å². The van der Waals surface area contributed by atoms with Gasteiger partial charge in [0.15, 0.2) is 0 Å². The minimum Gasteiger partial charge on any atom is -0.497 e. The Labute approximate surface area is 88.8 Å². The van der Waals surface area contributed by atoms with Gasteiger partial charge in [-0.3, -0.25) is 4.79 Å². The number of ketones is 1. The highest BCUT2D eigenvalue weighted by molar-refractivity contribution is 5.98. The van der Waals surface area contributed by atoms with E-state index in [4.69, 9.17) is 14.2 Å². The minimum absolute atomic E-state index is 0.206. The number of benzene rings is 1. The molecule has 1 rings (SSSR count). The molecule has 0 aromatic heterocycles. The number of carbonyl (C=O) groups excluding carboxylic acids is 1. The number of carbonyl (C=O) groups is 1. The molecule has 1 aromatic rings. The van der Waals surface area contributed by atoms with E-state index in [-0.39, 0.29) is 5.78 Å². The molecule has 0 fully saturated rings. The Kier molecular flexibility index (Phi) is 4.27. The molecule has 0 amide bonds. The third-order valence-electron chi connectivity index (χ3n) is 2.02. The van der Waals surface area contributed by atoms with Crippen molar-refractivity contribution < 1.29 is 19.0 Å². The van der Waals surface area contributed by atoms with Crippen LogP contribution in [0.15, 0.2) is 24.3 Å². The molecule has 0 radical (unpaired) electrons. The molecule has 0 saturated carbocycles. The molecule has 0 spiro atoms. The molecule has 82 valence electrons. The van der Waals surface area contributed by atoms with Crippen LogP contribution in [0.2, 0.25) is 0 Å². The van der Waals surface area contributed by atoms with Crippen LogP contribution in [-0.4, -0.2) is 33.4 Å². The van der Waals surface area contributed by atoms with E-state index in [9.17, 15) is 4.79 Å². The molecule has 0 unspecified atom stereocenters. The van der Waals surface area contributed by atoms with Crippen LogP contribution in [0.4, 0.5) is 0 Å². The van der Waals surface area contributed by atoms with Gasteiger partial charge in [0, 0.05) is 19.8 Å². The monoisotopic (exact) mass is 210 g/mol. The molecule has 15 heavy (non-hydrogen) atoms. The zero-order valence-corrected chi connectivity index (χ0v) is 9.02. The van der Waals surface area contributed by atoms with E-state index in [1.807, 2.05) is 0 Å². The molecule has 0 atom stereocenters. The average molecular weight is 210 g/mol. The highest BCUT2D eigenvalue weighted by Gasteiger charge is 2.18. The summed E-state index contributed by atoms with van der Waals surface area (Å²) in [6.45, 7) is 0. The normalized spacial score (nSPS) is 10.4. The summed E-state index contributed by atoms with van der Waals surface area (Å²) in [7, 11) is 4.43. The van der Waals surface area contributed by atoms with Crippen molar-refractivity contribution in [1.29, 1.82) is 0 Å². The maximum absolute atomic E-state index is 11.7. The molecule has 1 aromatic carbocycles. The van der Waals surface area contributed by atoms with Crippen molar-refractivity contribution in [2.75, 3.05) is 21.3 Å². The molecule has 4 heteroatoms. The first kappa shape index (κ1) is 11.7. The fourth-order valence-electron chi connectivity index (χ4n) is 1.20. The van der Waals surface area contributed by atoms with Crippen LogP contribution >= 0.6 is 0 Å². The molecule has 0 heterocycles. The van der Waals surface area contributed by atoms with E-state index < -0.39 is 6.29 Å². The fourth-order valence-corrected chi connectivity index (χ4v) is 1.20. The predicted molar refractivity (Wildman–Crippen MR) is 55.1 cm³/mol. The molecule has 0 aliphatic heterocycles. The van der Waals surface area contributed by atoms with Crippen LogP contribution in [0.25, 0.3) is 0 Å². The average Bonchev–Trinajstić information content (AvgIpc) is 2.30. The van der Waals surface area contributed by atoms with Crippen molar-refractivity contribution in [1.82, 2.24) is 0 Å². The summed E-state index contributed by atoms with van der Waals surface area (Å²) in [6.07, 6.45) is -0.849. The highest BCUT2D eigenvalue weighted by atomic mass is 16.7. The van der Waals surface area contributed by atoms with Crippen molar-refractivity contribution in [3.05, 3.63) is 29.8 Å². The lowest BCUT2D eigenvalue weighted by Crippen LogP contribution is -2.24. The summed E-state index contributed by atoms with van der Waals surface area (Å²) in [6, 6.07) is 6.78. The Balaban J connectivity index is 2.82. The zero-order chi connectivity index (χ0) is 11.3. The van der Waals surface area contributed by atoms with Gasteiger partial charge in [0.25, 0.3) is 0 Å². The Morgan fingerprint density at radius 2 is 1.60 bits per heavy atom. The van der Waals surface area contributed by atoms with Gasteiger partial charge >= 0.3 is 0 Å². The minimum atomic E-state index is -0.849. The number of methoxy groups -OCH3 is 3. The second-order valence-electron chi connectivity index (χ2n) is 2.90. The van der Waals surface area contributed by atoms with Crippen LogP contribution in [0.1, 0.15) is 10.4 Å². The topological polar surface area (TPSA) is 44.8 Å². The largest absolute Gasteiger partial charge is 0.497 e. The van der Waals surface area contributed by atoms with E-state index in [1.54, 1.807) is 31.4 Å². The van der Waals surface area contributed by atoms with Crippen molar-refractivity contribution in [2.24, 2.45) is 0 Å². The third kappa shape index (κ3) is 2.78. The van der Waals surface area contributed by atoms with E-state index in [0.29, 0.717) is 11.3 Å². The lowest BCUT2D eigenvalue weighted by molar-refractivity contribution is -0.0742. The quantitative estimate of drug-likeness (QED) is 0.545. The standard InChI is InChI=1S/C11H14O4/c1-13-9-6-4-8(5-7-9)10(12)11(14-2)15-3/h4-7,11H,1-3H3. The molecule has 4 nitrogen and oxygen atoms in total. The van der Waals surface area contributed by atoms with Crippen LogP contribution in [-0.2, 0) is 9.47 Å². The molecular formula is C11H14O4. The first-order chi connectivity index (χ1) is 7.22. The smallest absolute Gasteiger partial charge is 0.222 e. The lowest BCUT2D eigenvalue weighted by atomic mass is 10.1. The number of hydrogen-bond acceptors (Lipinski definition) is 4. The van der Waals surface area contributed by atoms with Gasteiger partial charge in [-0.25, -0.2) is 0 Å². The van der Waals surface area contributed by atoms with E-state index in [2.05, 4.69) is 0 Å². The Bertz CT molecular complexity index is 314. The Morgan fingerprint density at radius 3 is 2.00 bits per heavy atom. The lowest BCUT2D eigenvalue weighted by Gasteiger charge is -2.11. The second kappa shape index (κ2) is 5.48. The Hall–Kier alpha value is -1.39. The summed E-state index contributed by atoms with van der Waals surface area (Å²) < 4.78 is 14.7. The molecule has 0 bridgehead atoms. The van der Waals surface area contributed by atoms with Crippen LogP contribution in [0.5, 0.6) is 5.75 Å². The van der Waals surface area contributed by atoms with Crippen LogP contribution < -0.4 is 4.74 Å². The van der Waals surface area contributed by atoms with Crippen molar-refractivity contribution in [3.63, 3.8) is 0 Å². The zero-order valence-electron chi connectivity index (χ0n) is 9.02. The molecule has 0 aliphatic carbocycles. The first-order valence-electron chi connectivity index (χ1n) is 4.46. The first-order valence-corrected chi connectivity index (χ1v) is 4.46. The van der Waals surface area contributed by atoms with E-state index in [1.165, 1.54) is 14.2 Å². The maximum atomic E-state index is 11.7. The molecule has 0 aliphatic rings. The second-order valence-corrected chi connectivity index (χ2v) is 2.90. The van der Waals surface area contributed by atoms with Gasteiger partial charge in [-0.15, -0.1) is 0 Å². The van der Waals surface area contributed by atoms with Crippen molar-refractivity contribution in [2.45, 2.75) is 6.29 Å². The van der Waals surface area contributed by atoms with Gasteiger partial charge in [-0.2, -0.15) is 0 Å². The number of Topliss-reactive ketones (excluding diaryl/α,β-unsaturated/α-hetero) is 1. The number of ether oxygens (including phenoxy) is 3. The van der Waals surface area contributed by atoms with Gasteiger partial charge < -0.3 is 14.2 Å². The Morgan fingerprint density at radius 1 is 1.07 bits per heavy atom. The van der Waals surface area contributed by atoms with Gasteiger partial charge in [0.2, 0.25) is 12.1 Å². The summed E-state index contributed by atoms with van der Waals surface area (Å²) in [5.74, 6) is 0.501. The van der Waals surface area contributed by atoms with Crippen molar-refractivity contribution in [3.8, 4) is 5.75 Å². The third-order valence-corrected chi connectivity index (χ3v) is 2.02. The number of hydrogen-bond donors (Lipinski definition) is 0. The van der Waals surface area contributed by atoms with Crippen LogP contribution in [0, 0.1) is 0 Å². The number of rotatable bonds is 5. The summed E-state index contributed by atoms with van der Waals surface area (Å²) in [4.78, 5) is 11.7. The van der Waals surface area contributed by atoms with Gasteiger partial charge in [-0.1, -0.05) is 0 Å². The molecule has 0 N–H and O–H groups in total. The molecule has 0 saturated heterocycles. The SMILES string of the molecule is COc1ccc(C(=O)C(OC)OC)cc1. The van der Waals surface area contributed by atoms with E-state index >= 15 is 0 Å².